The Morgan fingerprint density at radius 2 is 2.18 bits per heavy atom. The van der Waals surface area contributed by atoms with Gasteiger partial charge >= 0.3 is 0 Å². The SMILES string of the molecule is CCc1ccc(C(=O)NC(C(N)=S)C(C)C)o1. The van der Waals surface area contributed by atoms with Crippen LogP contribution in [0.25, 0.3) is 0 Å². The Kier molecular flexibility index (Phi) is 4.69. The first-order chi connectivity index (χ1) is 7.95. The molecule has 17 heavy (non-hydrogen) atoms. The van der Waals surface area contributed by atoms with E-state index in [1.165, 1.54) is 0 Å². The zero-order chi connectivity index (χ0) is 13.0. The third-order valence-electron chi connectivity index (χ3n) is 2.49. The molecule has 0 spiro atoms. The Morgan fingerprint density at radius 1 is 1.53 bits per heavy atom. The van der Waals surface area contributed by atoms with Crippen LogP contribution in [0.2, 0.25) is 0 Å². The second-order valence-corrected chi connectivity index (χ2v) is 4.69. The zero-order valence-corrected chi connectivity index (χ0v) is 11.1. The van der Waals surface area contributed by atoms with Crippen LogP contribution in [0.4, 0.5) is 0 Å². The van der Waals surface area contributed by atoms with E-state index in [0.29, 0.717) is 5.76 Å². The quantitative estimate of drug-likeness (QED) is 0.787. The normalized spacial score (nSPS) is 12.5. The highest BCUT2D eigenvalue weighted by Gasteiger charge is 2.21. The summed E-state index contributed by atoms with van der Waals surface area (Å²) < 4.78 is 5.36. The van der Waals surface area contributed by atoms with Crippen LogP contribution in [0.5, 0.6) is 0 Å². The van der Waals surface area contributed by atoms with Crippen LogP contribution in [0.3, 0.4) is 0 Å². The van der Waals surface area contributed by atoms with Crippen LogP contribution in [-0.4, -0.2) is 16.9 Å². The Morgan fingerprint density at radius 3 is 2.59 bits per heavy atom. The fourth-order valence-corrected chi connectivity index (χ4v) is 1.80. The Bertz CT molecular complexity index is 412. The fourth-order valence-electron chi connectivity index (χ4n) is 1.47. The summed E-state index contributed by atoms with van der Waals surface area (Å²) in [4.78, 5) is 12.2. The molecule has 1 atom stereocenters. The van der Waals surface area contributed by atoms with Crippen molar-refractivity contribution >= 4 is 23.1 Å². The largest absolute Gasteiger partial charge is 0.456 e. The maximum atomic E-state index is 11.9. The number of carbonyl (C=O) groups is 1. The fraction of sp³-hybridized carbons (Fsp3) is 0.500. The van der Waals surface area contributed by atoms with E-state index in [1.807, 2.05) is 20.8 Å². The molecule has 94 valence electrons. The van der Waals surface area contributed by atoms with Crippen molar-refractivity contribution in [3.63, 3.8) is 0 Å². The standard InChI is InChI=1S/C12H18N2O2S/c1-4-8-5-6-9(16-8)12(15)14-10(7(2)3)11(13)17/h5-7,10H,4H2,1-3H3,(H2,13,17)(H,14,15). The minimum atomic E-state index is -0.312. The van der Waals surface area contributed by atoms with E-state index in [9.17, 15) is 4.79 Å². The number of furan rings is 1. The van der Waals surface area contributed by atoms with Gasteiger partial charge in [-0.2, -0.15) is 0 Å². The molecular weight excluding hydrogens is 236 g/mol. The highest BCUT2D eigenvalue weighted by Crippen LogP contribution is 2.10. The minimum Gasteiger partial charge on any atom is -0.456 e. The van der Waals surface area contributed by atoms with Crippen LogP contribution in [0.1, 0.15) is 37.1 Å². The molecule has 1 aromatic heterocycles. The van der Waals surface area contributed by atoms with Crippen molar-refractivity contribution in [2.45, 2.75) is 33.2 Å². The van der Waals surface area contributed by atoms with Crippen molar-refractivity contribution in [1.29, 1.82) is 0 Å². The van der Waals surface area contributed by atoms with Gasteiger partial charge in [-0.3, -0.25) is 4.79 Å². The van der Waals surface area contributed by atoms with Crippen molar-refractivity contribution in [1.82, 2.24) is 5.32 Å². The van der Waals surface area contributed by atoms with E-state index in [-0.39, 0.29) is 22.9 Å². The molecule has 0 aliphatic carbocycles. The topological polar surface area (TPSA) is 68.3 Å². The van der Waals surface area contributed by atoms with Gasteiger partial charge in [0.15, 0.2) is 5.76 Å². The van der Waals surface area contributed by atoms with Gasteiger partial charge in [0.25, 0.3) is 5.91 Å². The number of nitrogens with two attached hydrogens (primary N) is 1. The molecule has 0 bridgehead atoms. The van der Waals surface area contributed by atoms with E-state index >= 15 is 0 Å². The first-order valence-corrected chi connectivity index (χ1v) is 6.05. The molecule has 0 aromatic carbocycles. The maximum Gasteiger partial charge on any atom is 0.287 e. The van der Waals surface area contributed by atoms with Crippen molar-refractivity contribution in [3.05, 3.63) is 23.7 Å². The number of amides is 1. The minimum absolute atomic E-state index is 0.150. The lowest BCUT2D eigenvalue weighted by Gasteiger charge is -2.20. The van der Waals surface area contributed by atoms with Crippen LogP contribution in [0.15, 0.2) is 16.5 Å². The lowest BCUT2D eigenvalue weighted by Crippen LogP contribution is -2.46. The van der Waals surface area contributed by atoms with E-state index in [0.717, 1.165) is 12.2 Å². The third-order valence-corrected chi connectivity index (χ3v) is 2.75. The monoisotopic (exact) mass is 254 g/mol. The van der Waals surface area contributed by atoms with Crippen LogP contribution >= 0.6 is 12.2 Å². The second-order valence-electron chi connectivity index (χ2n) is 4.22. The highest BCUT2D eigenvalue weighted by molar-refractivity contribution is 7.80. The van der Waals surface area contributed by atoms with Crippen molar-refractivity contribution in [2.75, 3.05) is 0 Å². The molecule has 0 saturated heterocycles. The summed E-state index contributed by atoms with van der Waals surface area (Å²) in [5.74, 6) is 0.948. The van der Waals surface area contributed by atoms with E-state index in [1.54, 1.807) is 12.1 Å². The van der Waals surface area contributed by atoms with Gasteiger partial charge in [-0.05, 0) is 18.1 Å². The predicted molar refractivity (Wildman–Crippen MR) is 71.0 cm³/mol. The molecule has 0 saturated carbocycles. The summed E-state index contributed by atoms with van der Waals surface area (Å²) >= 11 is 4.92. The van der Waals surface area contributed by atoms with E-state index in [2.05, 4.69) is 5.32 Å². The average molecular weight is 254 g/mol. The van der Waals surface area contributed by atoms with Gasteiger partial charge in [0.2, 0.25) is 0 Å². The Balaban J connectivity index is 2.73. The van der Waals surface area contributed by atoms with Crippen molar-refractivity contribution < 1.29 is 9.21 Å². The van der Waals surface area contributed by atoms with Crippen LogP contribution in [0, 0.1) is 5.92 Å². The van der Waals surface area contributed by atoms with Crippen molar-refractivity contribution in [2.24, 2.45) is 11.7 Å². The molecule has 1 heterocycles. The lowest BCUT2D eigenvalue weighted by molar-refractivity contribution is 0.0910. The number of thiocarbonyl (C=S) groups is 1. The number of hydrogen-bond acceptors (Lipinski definition) is 3. The van der Waals surface area contributed by atoms with Crippen LogP contribution in [-0.2, 0) is 6.42 Å². The summed E-state index contributed by atoms with van der Waals surface area (Å²) in [6.45, 7) is 5.86. The summed E-state index contributed by atoms with van der Waals surface area (Å²) in [6.07, 6.45) is 0.760. The molecule has 1 rings (SSSR count). The molecule has 0 aliphatic heterocycles. The van der Waals surface area contributed by atoms with E-state index in [4.69, 9.17) is 22.4 Å². The molecule has 0 radical (unpaired) electrons. The highest BCUT2D eigenvalue weighted by atomic mass is 32.1. The number of aryl methyl sites for hydroxylation is 1. The summed E-state index contributed by atoms with van der Waals surface area (Å²) in [5.41, 5.74) is 5.58. The van der Waals surface area contributed by atoms with Gasteiger partial charge in [-0.25, -0.2) is 0 Å². The van der Waals surface area contributed by atoms with Gasteiger partial charge in [0.1, 0.15) is 5.76 Å². The Hall–Kier alpha value is -1.36. The number of rotatable bonds is 5. The molecule has 4 nitrogen and oxygen atoms in total. The molecule has 3 N–H and O–H groups in total. The number of nitrogens with one attached hydrogen (secondary N) is 1. The number of hydrogen-bond donors (Lipinski definition) is 2. The molecule has 5 heteroatoms. The van der Waals surface area contributed by atoms with E-state index < -0.39 is 0 Å². The zero-order valence-electron chi connectivity index (χ0n) is 10.3. The first-order valence-electron chi connectivity index (χ1n) is 5.64. The molecule has 0 aliphatic rings. The smallest absolute Gasteiger partial charge is 0.287 e. The molecular formula is C12H18N2O2S. The molecule has 1 aromatic rings. The summed E-state index contributed by atoms with van der Waals surface area (Å²) in [7, 11) is 0. The van der Waals surface area contributed by atoms with Gasteiger partial charge in [-0.1, -0.05) is 33.0 Å². The molecule has 1 amide bonds. The van der Waals surface area contributed by atoms with Gasteiger partial charge in [0, 0.05) is 6.42 Å². The average Bonchev–Trinajstić information content (AvgIpc) is 2.73. The van der Waals surface area contributed by atoms with Gasteiger partial charge in [-0.15, -0.1) is 0 Å². The maximum absolute atomic E-state index is 11.9. The predicted octanol–water partition coefficient (Wildman–Crippen LogP) is 1.88. The summed E-state index contributed by atoms with van der Waals surface area (Å²) in [6, 6.07) is 3.14. The first kappa shape index (κ1) is 13.7. The lowest BCUT2D eigenvalue weighted by atomic mass is 10.0. The summed E-state index contributed by atoms with van der Waals surface area (Å²) in [5, 5.41) is 2.77. The molecule has 0 fully saturated rings. The third kappa shape index (κ3) is 3.56. The van der Waals surface area contributed by atoms with Crippen LogP contribution < -0.4 is 11.1 Å². The Labute approximate surface area is 107 Å². The van der Waals surface area contributed by atoms with Gasteiger partial charge < -0.3 is 15.5 Å². The second kappa shape index (κ2) is 5.82. The van der Waals surface area contributed by atoms with Crippen molar-refractivity contribution in [3.8, 4) is 0 Å². The molecule has 1 unspecified atom stereocenters. The van der Waals surface area contributed by atoms with Gasteiger partial charge in [0.05, 0.1) is 11.0 Å². The number of carbonyl (C=O) groups excluding carboxylic acids is 1.